The van der Waals surface area contributed by atoms with Crippen molar-refractivity contribution >= 4 is 23.0 Å². The van der Waals surface area contributed by atoms with Crippen molar-refractivity contribution in [2.45, 2.75) is 99.0 Å². The molecule has 15 atom stereocenters. The Bertz CT molecular complexity index is 2400. The number of aliphatic hydroxyl groups is 9. The van der Waals surface area contributed by atoms with Gasteiger partial charge in [0.15, 0.2) is 29.7 Å². The molecule has 0 radical (unpaired) electrons. The van der Waals surface area contributed by atoms with Gasteiger partial charge >= 0.3 is 5.97 Å². The van der Waals surface area contributed by atoms with Gasteiger partial charge in [0.1, 0.15) is 95.9 Å². The lowest BCUT2D eigenvalue weighted by atomic mass is 9.97. The van der Waals surface area contributed by atoms with Crippen LogP contribution in [0.5, 0.6) is 34.5 Å². The molecule has 0 aliphatic carbocycles. The Morgan fingerprint density at radius 2 is 1.34 bits per heavy atom. The summed E-state index contributed by atoms with van der Waals surface area (Å²) >= 11 is 0. The van der Waals surface area contributed by atoms with Crippen LogP contribution in [0.3, 0.4) is 0 Å². The van der Waals surface area contributed by atoms with Crippen molar-refractivity contribution in [3.63, 3.8) is 0 Å². The minimum Gasteiger partial charge on any atom is -0.508 e. The third-order valence-corrected chi connectivity index (χ3v) is 10.9. The van der Waals surface area contributed by atoms with Crippen molar-refractivity contribution < 1.29 is 109 Å². The standard InChI is InChI=1S/C42H46O23/c1-15-28(49)32(53)35(56)40(59-15)60-19-11-22(47)27-23(12-19)61-37(17-5-8-20(45)21(46)10-17)38(31(27)52)64-42-39(34(55)29(50)24(13-43)62-42)65-41-36(57)33(54)30(51)25(63-41)14-58-26(48)9-4-16-2-6-18(44)7-3-16/h2-12,15,24-25,28-30,32-36,39-47,49-51,53-57H,13-14H2,1H3/t15-,24+,25+,28-,29+,30+,32+,33-,34-,35+,36+,39+,40-,41-,42-/m0/s1. The normalized spacial score (nSPS) is 32.9. The number of benzene rings is 3. The molecule has 3 aliphatic rings. The van der Waals surface area contributed by atoms with E-state index in [0.29, 0.717) is 5.56 Å². The predicted molar refractivity (Wildman–Crippen MR) is 214 cm³/mol. The van der Waals surface area contributed by atoms with Gasteiger partial charge in [-0.2, -0.15) is 0 Å². The third-order valence-electron chi connectivity index (χ3n) is 10.9. The van der Waals surface area contributed by atoms with Crippen molar-refractivity contribution in [3.8, 4) is 45.8 Å². The van der Waals surface area contributed by atoms with Crippen LogP contribution in [0.15, 0.2) is 69.9 Å². The lowest BCUT2D eigenvalue weighted by Gasteiger charge is -2.45. The highest BCUT2D eigenvalue weighted by atomic mass is 16.8. The van der Waals surface area contributed by atoms with Gasteiger partial charge in [-0.15, -0.1) is 0 Å². The summed E-state index contributed by atoms with van der Waals surface area (Å²) in [4.78, 5) is 26.9. The molecule has 352 valence electrons. The summed E-state index contributed by atoms with van der Waals surface area (Å²) in [5.41, 5.74) is -1.23. The van der Waals surface area contributed by atoms with E-state index >= 15 is 0 Å². The van der Waals surface area contributed by atoms with Crippen molar-refractivity contribution in [1.29, 1.82) is 0 Å². The molecule has 13 N–H and O–H groups in total. The number of aromatic hydroxyl groups is 4. The van der Waals surface area contributed by atoms with E-state index in [4.69, 9.17) is 37.6 Å². The third kappa shape index (κ3) is 9.83. The molecule has 4 heterocycles. The quantitative estimate of drug-likeness (QED) is 0.0406. The molecule has 23 nitrogen and oxygen atoms in total. The van der Waals surface area contributed by atoms with Gasteiger partial charge in [-0.1, -0.05) is 12.1 Å². The van der Waals surface area contributed by atoms with E-state index in [1.54, 1.807) is 0 Å². The van der Waals surface area contributed by atoms with Crippen LogP contribution in [-0.4, -0.2) is 178 Å². The van der Waals surface area contributed by atoms with Gasteiger partial charge in [-0.25, -0.2) is 4.79 Å². The molecule has 1 aromatic heterocycles. The van der Waals surface area contributed by atoms with Crippen LogP contribution in [0, 0.1) is 0 Å². The maximum atomic E-state index is 14.4. The van der Waals surface area contributed by atoms with E-state index in [0.717, 1.165) is 30.3 Å². The number of phenolic OH excluding ortho intramolecular Hbond substituents is 4. The summed E-state index contributed by atoms with van der Waals surface area (Å²) in [5.74, 6) is -4.72. The molecule has 7 rings (SSSR count). The number of phenols is 4. The minimum atomic E-state index is -2.10. The van der Waals surface area contributed by atoms with Gasteiger partial charge in [0.25, 0.3) is 0 Å². The molecule has 23 heteroatoms. The second-order valence-electron chi connectivity index (χ2n) is 15.4. The topological polar surface area (TPSA) is 375 Å². The maximum absolute atomic E-state index is 14.4. The van der Waals surface area contributed by atoms with Crippen LogP contribution in [0.25, 0.3) is 28.4 Å². The van der Waals surface area contributed by atoms with Crippen LogP contribution < -0.4 is 14.9 Å². The highest BCUT2D eigenvalue weighted by Crippen LogP contribution is 2.41. The Morgan fingerprint density at radius 1 is 0.677 bits per heavy atom. The smallest absolute Gasteiger partial charge is 0.330 e. The van der Waals surface area contributed by atoms with E-state index < -0.39 is 156 Å². The zero-order chi connectivity index (χ0) is 47.0. The fourth-order valence-corrected chi connectivity index (χ4v) is 7.23. The van der Waals surface area contributed by atoms with Gasteiger partial charge in [0, 0.05) is 23.8 Å². The lowest BCUT2D eigenvalue weighted by molar-refractivity contribution is -0.358. The molecule has 3 aromatic carbocycles. The number of fused-ring (bicyclic) bond motifs is 1. The first-order valence-electron chi connectivity index (χ1n) is 19.9. The van der Waals surface area contributed by atoms with E-state index in [9.17, 15) is 76.0 Å². The molecule has 0 bridgehead atoms. The molecular formula is C42H46O23. The van der Waals surface area contributed by atoms with Crippen LogP contribution in [0.1, 0.15) is 12.5 Å². The summed E-state index contributed by atoms with van der Waals surface area (Å²) in [6, 6.07) is 10.9. The van der Waals surface area contributed by atoms with E-state index in [2.05, 4.69) is 0 Å². The molecule has 4 aromatic rings. The van der Waals surface area contributed by atoms with Crippen molar-refractivity contribution in [2.24, 2.45) is 0 Å². The Kier molecular flexibility index (Phi) is 14.2. The van der Waals surface area contributed by atoms with Crippen LogP contribution in [0.2, 0.25) is 0 Å². The van der Waals surface area contributed by atoms with Crippen LogP contribution in [-0.2, 0) is 28.5 Å². The number of carbonyl (C=O) groups is 1. The van der Waals surface area contributed by atoms with E-state index in [1.807, 2.05) is 0 Å². The Labute approximate surface area is 365 Å². The first-order valence-corrected chi connectivity index (χ1v) is 19.9. The Morgan fingerprint density at radius 3 is 2.03 bits per heavy atom. The summed E-state index contributed by atoms with van der Waals surface area (Å²) in [5, 5.41) is 136. The highest BCUT2D eigenvalue weighted by Gasteiger charge is 2.52. The fourth-order valence-electron chi connectivity index (χ4n) is 7.23. The molecule has 65 heavy (non-hydrogen) atoms. The van der Waals surface area contributed by atoms with Crippen molar-refractivity contribution in [1.82, 2.24) is 0 Å². The van der Waals surface area contributed by atoms with E-state index in [1.165, 1.54) is 43.3 Å². The van der Waals surface area contributed by atoms with Crippen molar-refractivity contribution in [3.05, 3.63) is 76.5 Å². The van der Waals surface area contributed by atoms with Crippen LogP contribution in [0.4, 0.5) is 0 Å². The monoisotopic (exact) mass is 918 g/mol. The summed E-state index contributed by atoms with van der Waals surface area (Å²) in [6.45, 7) is -0.272. The largest absolute Gasteiger partial charge is 0.508 e. The zero-order valence-corrected chi connectivity index (χ0v) is 33.8. The molecule has 0 amide bonds. The predicted octanol–water partition coefficient (Wildman–Crippen LogP) is -2.24. The van der Waals surface area contributed by atoms with Crippen LogP contribution >= 0.6 is 0 Å². The van der Waals surface area contributed by atoms with Gasteiger partial charge in [-0.3, -0.25) is 4.79 Å². The number of ether oxygens (including phenoxy) is 7. The highest BCUT2D eigenvalue weighted by molar-refractivity contribution is 5.89. The van der Waals surface area contributed by atoms with Crippen molar-refractivity contribution in [2.75, 3.05) is 13.2 Å². The first-order chi connectivity index (χ1) is 30.9. The fraction of sp³-hybridized carbons (Fsp3) is 0.429. The van der Waals surface area contributed by atoms with Gasteiger partial charge in [0.2, 0.25) is 23.8 Å². The zero-order valence-electron chi connectivity index (χ0n) is 33.8. The SMILES string of the molecule is C[C@@H]1O[C@@H](Oc2cc(O)c3c(=O)c(O[C@@H]4O[C@H](CO)[C@@H](O)[C@H](O)[C@H]4O[C@@H]4O[C@H](COC(=O)C=Cc5ccc(O)cc5)[C@@H](O)[C@H](O)[C@H]4O)c(-c4ccc(O)c(O)c4)oc3c2)[C@H](O)[C@H](O)[C@H]1O. The lowest BCUT2D eigenvalue weighted by Crippen LogP contribution is -2.65. The number of rotatable bonds is 12. The van der Waals surface area contributed by atoms with Gasteiger partial charge in [0.05, 0.1) is 12.7 Å². The summed E-state index contributed by atoms with van der Waals surface area (Å²) in [6.07, 6.45) is -24.6. The molecule has 0 spiro atoms. The minimum absolute atomic E-state index is 0.00463. The average molecular weight is 919 g/mol. The molecule has 0 saturated carbocycles. The Balaban J connectivity index is 1.20. The molecule has 3 saturated heterocycles. The molecule has 3 aliphatic heterocycles. The number of esters is 1. The molecule has 3 fully saturated rings. The first kappa shape index (κ1) is 47.3. The molecular weight excluding hydrogens is 872 g/mol. The maximum Gasteiger partial charge on any atom is 0.330 e. The second-order valence-corrected chi connectivity index (χ2v) is 15.4. The van der Waals surface area contributed by atoms with Gasteiger partial charge < -0.3 is 104 Å². The average Bonchev–Trinajstić information content (AvgIpc) is 3.28. The number of carbonyl (C=O) groups excluding carboxylic acids is 1. The second kappa shape index (κ2) is 19.4. The Hall–Kier alpha value is -5.64. The summed E-state index contributed by atoms with van der Waals surface area (Å²) in [7, 11) is 0. The number of aliphatic hydroxyl groups excluding tert-OH is 9. The molecule has 0 unspecified atom stereocenters. The number of hydrogen-bond donors (Lipinski definition) is 13. The summed E-state index contributed by atoms with van der Waals surface area (Å²) < 4.78 is 45.5. The number of hydrogen-bond acceptors (Lipinski definition) is 23. The van der Waals surface area contributed by atoms with Gasteiger partial charge in [-0.05, 0) is 48.9 Å². The van der Waals surface area contributed by atoms with E-state index in [-0.39, 0.29) is 17.1 Å².